The van der Waals surface area contributed by atoms with E-state index in [0.717, 1.165) is 44.1 Å². The molecule has 0 aromatic heterocycles. The predicted molar refractivity (Wildman–Crippen MR) is 113 cm³/mol. The monoisotopic (exact) mass is 436 g/mol. The fourth-order valence-electron chi connectivity index (χ4n) is 4.03. The van der Waals surface area contributed by atoms with Crippen LogP contribution in [0.2, 0.25) is 0 Å². The van der Waals surface area contributed by atoms with Crippen LogP contribution >= 0.6 is 0 Å². The lowest BCUT2D eigenvalue weighted by Crippen LogP contribution is -2.42. The summed E-state index contributed by atoms with van der Waals surface area (Å²) in [6, 6.07) is 6.83. The zero-order valence-electron chi connectivity index (χ0n) is 17.6. The van der Waals surface area contributed by atoms with Crippen molar-refractivity contribution in [1.29, 1.82) is 0 Å². The largest absolute Gasteiger partial charge is 0.453 e. The number of carbonyl (C=O) groups is 2. The van der Waals surface area contributed by atoms with Crippen molar-refractivity contribution in [3.8, 4) is 0 Å². The van der Waals surface area contributed by atoms with Gasteiger partial charge in [-0.3, -0.25) is 9.59 Å². The molecule has 1 heterocycles. The second kappa shape index (κ2) is 10.4. The van der Waals surface area contributed by atoms with Gasteiger partial charge in [-0.05, 0) is 56.7 Å². The van der Waals surface area contributed by atoms with E-state index >= 15 is 0 Å². The van der Waals surface area contributed by atoms with E-state index in [-0.39, 0.29) is 23.3 Å². The summed E-state index contributed by atoms with van der Waals surface area (Å²) in [6.45, 7) is 2.74. The highest BCUT2D eigenvalue weighted by Crippen LogP contribution is 2.21. The molecular formula is C22H32N2O5S. The van der Waals surface area contributed by atoms with E-state index in [9.17, 15) is 18.0 Å². The van der Waals surface area contributed by atoms with Crippen LogP contribution in [-0.2, 0) is 30.8 Å². The van der Waals surface area contributed by atoms with Gasteiger partial charge in [-0.15, -0.1) is 0 Å². The van der Waals surface area contributed by atoms with Gasteiger partial charge in [0.2, 0.25) is 10.0 Å². The lowest BCUT2D eigenvalue weighted by molar-refractivity contribution is -0.155. The molecular weight excluding hydrogens is 404 g/mol. The molecule has 1 saturated carbocycles. The van der Waals surface area contributed by atoms with Crippen LogP contribution in [0.5, 0.6) is 0 Å². The van der Waals surface area contributed by atoms with Crippen molar-refractivity contribution < 1.29 is 22.7 Å². The highest BCUT2D eigenvalue weighted by molar-refractivity contribution is 7.89. The molecule has 1 aromatic carbocycles. The Hall–Kier alpha value is -1.93. The molecule has 1 aliphatic carbocycles. The lowest BCUT2D eigenvalue weighted by atomic mass is 9.95. The standard InChI is InChI=1S/C22H32N2O5S/c1-17(22(26)23-19-7-3-2-4-8-19)29-21(25)14-11-18-9-12-20(13-10-18)30(27,28)24-15-5-6-16-24/h9-10,12-13,17,19H,2-8,11,14-16H2,1H3,(H,23,26). The van der Waals surface area contributed by atoms with E-state index in [1.807, 2.05) is 0 Å². The molecule has 3 rings (SSSR count). The molecule has 8 heteroatoms. The quantitative estimate of drug-likeness (QED) is 0.633. The van der Waals surface area contributed by atoms with Crippen molar-refractivity contribution in [3.05, 3.63) is 29.8 Å². The fraction of sp³-hybridized carbons (Fsp3) is 0.636. The van der Waals surface area contributed by atoms with Crippen molar-refractivity contribution in [3.63, 3.8) is 0 Å². The number of hydrogen-bond acceptors (Lipinski definition) is 5. The van der Waals surface area contributed by atoms with Crippen LogP contribution in [0.4, 0.5) is 0 Å². The minimum atomic E-state index is -3.43. The zero-order chi connectivity index (χ0) is 21.6. The van der Waals surface area contributed by atoms with Crippen LogP contribution < -0.4 is 5.32 Å². The lowest BCUT2D eigenvalue weighted by Gasteiger charge is -2.24. The van der Waals surface area contributed by atoms with E-state index in [0.29, 0.717) is 19.5 Å². The molecule has 7 nitrogen and oxygen atoms in total. The number of aryl methyl sites for hydroxylation is 1. The van der Waals surface area contributed by atoms with E-state index in [1.54, 1.807) is 31.2 Å². The Morgan fingerprint density at radius 2 is 1.70 bits per heavy atom. The van der Waals surface area contributed by atoms with Gasteiger partial charge in [0, 0.05) is 25.6 Å². The Kier molecular flexibility index (Phi) is 7.88. The second-order valence-electron chi connectivity index (χ2n) is 8.23. The first-order chi connectivity index (χ1) is 14.4. The first kappa shape index (κ1) is 22.7. The van der Waals surface area contributed by atoms with Gasteiger partial charge in [0.1, 0.15) is 0 Å². The van der Waals surface area contributed by atoms with Crippen LogP contribution in [0, 0.1) is 0 Å². The molecule has 1 atom stereocenters. The summed E-state index contributed by atoms with van der Waals surface area (Å²) in [7, 11) is -3.43. The molecule has 0 spiro atoms. The normalized spacial score (nSPS) is 19.4. The van der Waals surface area contributed by atoms with Crippen LogP contribution in [0.15, 0.2) is 29.2 Å². The number of nitrogens with zero attached hydrogens (tertiary/aromatic N) is 1. The van der Waals surface area contributed by atoms with Gasteiger partial charge in [-0.1, -0.05) is 31.4 Å². The number of carbonyl (C=O) groups excluding carboxylic acids is 2. The Labute approximate surface area is 179 Å². The minimum Gasteiger partial charge on any atom is -0.453 e. The molecule has 30 heavy (non-hydrogen) atoms. The van der Waals surface area contributed by atoms with Crippen molar-refractivity contribution in [2.24, 2.45) is 0 Å². The third-order valence-electron chi connectivity index (χ3n) is 5.87. The summed E-state index contributed by atoms with van der Waals surface area (Å²) < 4.78 is 31.9. The Bertz CT molecular complexity index is 826. The maximum absolute atomic E-state index is 12.6. The van der Waals surface area contributed by atoms with E-state index in [2.05, 4.69) is 5.32 Å². The predicted octanol–water partition coefficient (Wildman–Crippen LogP) is 2.78. The summed E-state index contributed by atoms with van der Waals surface area (Å²) >= 11 is 0. The SMILES string of the molecule is CC(OC(=O)CCc1ccc(S(=O)(=O)N2CCCC2)cc1)C(=O)NC1CCCCC1. The molecule has 1 amide bonds. The highest BCUT2D eigenvalue weighted by Gasteiger charge is 2.27. The maximum Gasteiger partial charge on any atom is 0.306 e. The van der Waals surface area contributed by atoms with Crippen molar-refractivity contribution >= 4 is 21.9 Å². The molecule has 166 valence electrons. The molecule has 1 aromatic rings. The number of esters is 1. The summed E-state index contributed by atoms with van der Waals surface area (Å²) in [4.78, 5) is 24.6. The molecule has 1 N–H and O–H groups in total. The topological polar surface area (TPSA) is 92.8 Å². The summed E-state index contributed by atoms with van der Waals surface area (Å²) in [6.07, 6.45) is 6.97. The van der Waals surface area contributed by atoms with Gasteiger partial charge in [0.25, 0.3) is 5.91 Å². The summed E-state index contributed by atoms with van der Waals surface area (Å²) in [5, 5.41) is 2.96. The molecule has 1 aliphatic heterocycles. The van der Waals surface area contributed by atoms with Gasteiger partial charge in [-0.25, -0.2) is 8.42 Å². The Balaban J connectivity index is 1.44. The van der Waals surface area contributed by atoms with Crippen molar-refractivity contribution in [1.82, 2.24) is 9.62 Å². The third kappa shape index (κ3) is 6.04. The van der Waals surface area contributed by atoms with Gasteiger partial charge in [-0.2, -0.15) is 4.31 Å². The molecule has 2 fully saturated rings. The van der Waals surface area contributed by atoms with Crippen molar-refractivity contribution in [2.45, 2.75) is 81.8 Å². The van der Waals surface area contributed by atoms with Gasteiger partial charge < -0.3 is 10.1 Å². The Morgan fingerprint density at radius 3 is 2.33 bits per heavy atom. The number of rotatable bonds is 8. The zero-order valence-corrected chi connectivity index (χ0v) is 18.5. The first-order valence-corrected chi connectivity index (χ1v) is 12.4. The summed E-state index contributed by atoms with van der Waals surface area (Å²) in [5.74, 6) is -0.679. The second-order valence-corrected chi connectivity index (χ2v) is 10.2. The van der Waals surface area contributed by atoms with E-state index in [4.69, 9.17) is 4.74 Å². The highest BCUT2D eigenvalue weighted by atomic mass is 32.2. The third-order valence-corrected chi connectivity index (χ3v) is 7.79. The number of ether oxygens (including phenoxy) is 1. The number of amides is 1. The molecule has 0 bridgehead atoms. The number of benzene rings is 1. The fourth-order valence-corrected chi connectivity index (χ4v) is 5.54. The number of nitrogens with one attached hydrogen (secondary N) is 1. The summed E-state index contributed by atoms with van der Waals surface area (Å²) in [5.41, 5.74) is 0.853. The molecule has 0 radical (unpaired) electrons. The minimum absolute atomic E-state index is 0.138. The average Bonchev–Trinajstić information content (AvgIpc) is 3.29. The smallest absolute Gasteiger partial charge is 0.306 e. The molecule has 2 aliphatic rings. The van der Waals surface area contributed by atoms with Crippen LogP contribution in [0.25, 0.3) is 0 Å². The van der Waals surface area contributed by atoms with Crippen LogP contribution in [0.1, 0.15) is 63.9 Å². The van der Waals surface area contributed by atoms with Crippen LogP contribution in [0.3, 0.4) is 0 Å². The molecule has 1 saturated heterocycles. The maximum atomic E-state index is 12.6. The van der Waals surface area contributed by atoms with E-state index < -0.39 is 22.1 Å². The molecule has 1 unspecified atom stereocenters. The first-order valence-electron chi connectivity index (χ1n) is 11.0. The van der Waals surface area contributed by atoms with Gasteiger partial charge >= 0.3 is 5.97 Å². The van der Waals surface area contributed by atoms with Crippen LogP contribution in [-0.4, -0.2) is 49.8 Å². The van der Waals surface area contributed by atoms with E-state index in [1.165, 1.54) is 10.7 Å². The number of sulfonamides is 1. The van der Waals surface area contributed by atoms with Gasteiger partial charge in [0.05, 0.1) is 4.90 Å². The number of hydrogen-bond donors (Lipinski definition) is 1. The Morgan fingerprint density at radius 1 is 1.07 bits per heavy atom. The average molecular weight is 437 g/mol. The van der Waals surface area contributed by atoms with Gasteiger partial charge in [0.15, 0.2) is 6.10 Å². The van der Waals surface area contributed by atoms with Crippen molar-refractivity contribution in [2.75, 3.05) is 13.1 Å².